The average molecular weight is 140 g/mol. The van der Waals surface area contributed by atoms with Gasteiger partial charge in [-0.15, -0.1) is 0 Å². The van der Waals surface area contributed by atoms with Gasteiger partial charge in [0.2, 0.25) is 0 Å². The molecule has 58 valence electrons. The minimum atomic E-state index is 0.293. The second-order valence-corrected chi connectivity index (χ2v) is 2.13. The van der Waals surface area contributed by atoms with Crippen molar-refractivity contribution in [2.75, 3.05) is 6.61 Å². The summed E-state index contributed by atoms with van der Waals surface area (Å²) in [6.45, 7) is 2.40. The van der Waals surface area contributed by atoms with Crippen LogP contribution in [0.4, 0.5) is 0 Å². The molecule has 0 fully saturated rings. The highest BCUT2D eigenvalue weighted by molar-refractivity contribution is 5.01. The smallest absolute Gasteiger partial charge is 0.0433 e. The summed E-state index contributed by atoms with van der Waals surface area (Å²) in [6.07, 6.45) is 11.2. The first kappa shape index (κ1) is 9.44. The van der Waals surface area contributed by atoms with Crippen LogP contribution < -0.4 is 0 Å². The van der Waals surface area contributed by atoms with E-state index in [0.29, 0.717) is 6.61 Å². The molecule has 0 heterocycles. The second kappa shape index (κ2) is 8.44. The van der Waals surface area contributed by atoms with Crippen LogP contribution in [-0.2, 0) is 0 Å². The summed E-state index contributed by atoms with van der Waals surface area (Å²) in [5.74, 6) is 0. The Morgan fingerprint density at radius 2 is 1.90 bits per heavy atom. The van der Waals surface area contributed by atoms with Gasteiger partial charge >= 0.3 is 0 Å². The average Bonchev–Trinajstić information content (AvgIpc) is 1.97. The van der Waals surface area contributed by atoms with Crippen LogP contribution in [0.1, 0.15) is 26.2 Å². The van der Waals surface area contributed by atoms with Gasteiger partial charge in [-0.05, 0) is 19.3 Å². The maximum atomic E-state index is 8.42. The van der Waals surface area contributed by atoms with E-state index in [1.807, 2.05) is 12.2 Å². The zero-order valence-corrected chi connectivity index (χ0v) is 6.59. The highest BCUT2D eigenvalue weighted by atomic mass is 16.2. The lowest BCUT2D eigenvalue weighted by Crippen LogP contribution is -1.77. The SMILES string of the molecule is CC/C=C\C=C\CCCO. The predicted octanol–water partition coefficient (Wildman–Crippen LogP) is 2.28. The van der Waals surface area contributed by atoms with Crippen LogP contribution in [0, 0.1) is 0 Å². The molecule has 0 aliphatic rings. The second-order valence-electron chi connectivity index (χ2n) is 2.13. The van der Waals surface area contributed by atoms with Gasteiger partial charge in [0, 0.05) is 6.61 Å². The molecule has 1 heteroatoms. The first-order valence-corrected chi connectivity index (χ1v) is 3.84. The Labute approximate surface area is 63.1 Å². The largest absolute Gasteiger partial charge is 0.396 e. The first-order valence-electron chi connectivity index (χ1n) is 3.84. The van der Waals surface area contributed by atoms with Crippen LogP contribution in [0.2, 0.25) is 0 Å². The maximum Gasteiger partial charge on any atom is 0.0433 e. The van der Waals surface area contributed by atoms with E-state index in [4.69, 9.17) is 5.11 Å². The third-order valence-electron chi connectivity index (χ3n) is 1.15. The van der Waals surface area contributed by atoms with Crippen molar-refractivity contribution in [1.82, 2.24) is 0 Å². The van der Waals surface area contributed by atoms with Gasteiger partial charge in [-0.25, -0.2) is 0 Å². The van der Waals surface area contributed by atoms with Gasteiger partial charge in [0.1, 0.15) is 0 Å². The molecule has 0 radical (unpaired) electrons. The molecular weight excluding hydrogens is 124 g/mol. The minimum absolute atomic E-state index is 0.293. The lowest BCUT2D eigenvalue weighted by atomic mass is 10.3. The van der Waals surface area contributed by atoms with E-state index >= 15 is 0 Å². The standard InChI is InChI=1S/C9H16O/c1-2-3-4-5-6-7-8-9-10/h3-6,10H,2,7-9H2,1H3/b4-3-,6-5+. The molecule has 0 aromatic carbocycles. The molecule has 0 spiro atoms. The zero-order valence-electron chi connectivity index (χ0n) is 6.59. The van der Waals surface area contributed by atoms with Crippen LogP contribution in [0.15, 0.2) is 24.3 Å². The van der Waals surface area contributed by atoms with Gasteiger partial charge < -0.3 is 5.11 Å². The highest BCUT2D eigenvalue weighted by Crippen LogP contribution is 1.89. The molecule has 1 N–H and O–H groups in total. The van der Waals surface area contributed by atoms with Crippen LogP contribution in [0.5, 0.6) is 0 Å². The molecule has 1 nitrogen and oxygen atoms in total. The lowest BCUT2D eigenvalue weighted by Gasteiger charge is -1.84. The normalized spacial score (nSPS) is 11.8. The van der Waals surface area contributed by atoms with Crippen LogP contribution in [0.25, 0.3) is 0 Å². The molecule has 0 aliphatic carbocycles. The summed E-state index contributed by atoms with van der Waals surface area (Å²) in [5, 5.41) is 8.42. The number of rotatable bonds is 5. The Balaban J connectivity index is 3.11. The van der Waals surface area contributed by atoms with Crippen molar-refractivity contribution in [3.63, 3.8) is 0 Å². The zero-order chi connectivity index (χ0) is 7.66. The fourth-order valence-electron chi connectivity index (χ4n) is 0.599. The summed E-state index contributed by atoms with van der Waals surface area (Å²) in [7, 11) is 0. The Kier molecular flexibility index (Phi) is 7.97. The number of allylic oxidation sites excluding steroid dienone is 4. The van der Waals surface area contributed by atoms with Crippen molar-refractivity contribution in [3.8, 4) is 0 Å². The van der Waals surface area contributed by atoms with E-state index in [0.717, 1.165) is 19.3 Å². The maximum absolute atomic E-state index is 8.42. The summed E-state index contributed by atoms with van der Waals surface area (Å²) in [6, 6.07) is 0. The molecule has 0 aromatic rings. The van der Waals surface area contributed by atoms with Gasteiger partial charge in [0.15, 0.2) is 0 Å². The van der Waals surface area contributed by atoms with E-state index in [-0.39, 0.29) is 0 Å². The monoisotopic (exact) mass is 140 g/mol. The molecule has 0 saturated carbocycles. The Hall–Kier alpha value is -0.560. The van der Waals surface area contributed by atoms with E-state index in [1.54, 1.807) is 0 Å². The number of aliphatic hydroxyl groups is 1. The molecule has 0 rings (SSSR count). The van der Waals surface area contributed by atoms with Crippen LogP contribution >= 0.6 is 0 Å². The van der Waals surface area contributed by atoms with Crippen molar-refractivity contribution in [2.45, 2.75) is 26.2 Å². The number of unbranched alkanes of at least 4 members (excludes halogenated alkanes) is 1. The van der Waals surface area contributed by atoms with E-state index in [1.165, 1.54) is 0 Å². The van der Waals surface area contributed by atoms with E-state index in [9.17, 15) is 0 Å². The summed E-state index contributed by atoms with van der Waals surface area (Å²) in [4.78, 5) is 0. The van der Waals surface area contributed by atoms with Gasteiger partial charge in [-0.1, -0.05) is 31.2 Å². The lowest BCUT2D eigenvalue weighted by molar-refractivity contribution is 0.289. The minimum Gasteiger partial charge on any atom is -0.396 e. The molecule has 0 bridgehead atoms. The molecule has 0 unspecified atom stereocenters. The van der Waals surface area contributed by atoms with Gasteiger partial charge in [0.25, 0.3) is 0 Å². The van der Waals surface area contributed by atoms with Gasteiger partial charge in [-0.2, -0.15) is 0 Å². The fraction of sp³-hybridized carbons (Fsp3) is 0.556. The molecule has 0 aliphatic heterocycles. The third kappa shape index (κ3) is 7.44. The number of hydrogen-bond acceptors (Lipinski definition) is 1. The molecule has 0 aromatic heterocycles. The first-order chi connectivity index (χ1) is 4.91. The summed E-state index contributed by atoms with van der Waals surface area (Å²) in [5.41, 5.74) is 0. The molecule has 10 heavy (non-hydrogen) atoms. The molecule has 0 atom stereocenters. The van der Waals surface area contributed by atoms with Crippen molar-refractivity contribution >= 4 is 0 Å². The number of hydrogen-bond donors (Lipinski definition) is 1. The number of aliphatic hydroxyl groups excluding tert-OH is 1. The van der Waals surface area contributed by atoms with Crippen LogP contribution in [-0.4, -0.2) is 11.7 Å². The molecule has 0 saturated heterocycles. The quantitative estimate of drug-likeness (QED) is 0.459. The van der Waals surface area contributed by atoms with Crippen molar-refractivity contribution in [2.24, 2.45) is 0 Å². The van der Waals surface area contributed by atoms with Gasteiger partial charge in [0.05, 0.1) is 0 Å². The van der Waals surface area contributed by atoms with E-state index < -0.39 is 0 Å². The fourth-order valence-corrected chi connectivity index (χ4v) is 0.599. The topological polar surface area (TPSA) is 20.2 Å². The molecule has 0 amide bonds. The summed E-state index contributed by atoms with van der Waals surface area (Å²) >= 11 is 0. The van der Waals surface area contributed by atoms with Gasteiger partial charge in [-0.3, -0.25) is 0 Å². The van der Waals surface area contributed by atoms with E-state index in [2.05, 4.69) is 19.1 Å². The molecular formula is C9H16O. The van der Waals surface area contributed by atoms with Crippen LogP contribution in [0.3, 0.4) is 0 Å². The van der Waals surface area contributed by atoms with Crippen molar-refractivity contribution < 1.29 is 5.11 Å². The highest BCUT2D eigenvalue weighted by Gasteiger charge is 1.75. The predicted molar refractivity (Wildman–Crippen MR) is 44.9 cm³/mol. The van der Waals surface area contributed by atoms with Crippen molar-refractivity contribution in [3.05, 3.63) is 24.3 Å². The van der Waals surface area contributed by atoms with Crippen molar-refractivity contribution in [1.29, 1.82) is 0 Å². The summed E-state index contributed by atoms with van der Waals surface area (Å²) < 4.78 is 0. The Morgan fingerprint density at radius 1 is 1.20 bits per heavy atom. The Bertz CT molecular complexity index is 103. The third-order valence-corrected chi connectivity index (χ3v) is 1.15. The Morgan fingerprint density at radius 3 is 2.50 bits per heavy atom.